The lowest BCUT2D eigenvalue weighted by Gasteiger charge is -2.24. The second kappa shape index (κ2) is 5.32. The zero-order valence-electron chi connectivity index (χ0n) is 8.30. The van der Waals surface area contributed by atoms with Crippen LogP contribution in [0, 0.1) is 0 Å². The van der Waals surface area contributed by atoms with Gasteiger partial charge in [0, 0.05) is 27.3 Å². The Morgan fingerprint density at radius 1 is 1.33 bits per heavy atom. The Balaban J connectivity index is 2.03. The molecule has 1 aliphatic rings. The van der Waals surface area contributed by atoms with Gasteiger partial charge in [-0.15, -0.1) is 0 Å². The summed E-state index contributed by atoms with van der Waals surface area (Å²) >= 11 is 6.98. The molecule has 0 aromatic heterocycles. The molecule has 2 nitrogen and oxygen atoms in total. The molecule has 1 N–H and O–H groups in total. The molecule has 1 atom stereocenters. The second-order valence-electron chi connectivity index (χ2n) is 3.68. The highest BCUT2D eigenvalue weighted by Crippen LogP contribution is 2.27. The Hall–Kier alpha value is -0.0600. The SMILES string of the molecule is Brc1ccc(NC2CCCOC2)c(Br)c1. The van der Waals surface area contributed by atoms with E-state index < -0.39 is 0 Å². The molecule has 1 heterocycles. The summed E-state index contributed by atoms with van der Waals surface area (Å²) in [5.41, 5.74) is 1.13. The van der Waals surface area contributed by atoms with Crippen molar-refractivity contribution in [3.63, 3.8) is 0 Å². The average Bonchev–Trinajstić information content (AvgIpc) is 2.24. The highest BCUT2D eigenvalue weighted by Gasteiger charge is 2.14. The summed E-state index contributed by atoms with van der Waals surface area (Å²) in [6.07, 6.45) is 2.33. The van der Waals surface area contributed by atoms with Gasteiger partial charge in [0.2, 0.25) is 0 Å². The summed E-state index contributed by atoms with van der Waals surface area (Å²) < 4.78 is 7.60. The van der Waals surface area contributed by atoms with Gasteiger partial charge in [-0.25, -0.2) is 0 Å². The second-order valence-corrected chi connectivity index (χ2v) is 5.45. The molecule has 1 saturated heterocycles. The topological polar surface area (TPSA) is 21.3 Å². The van der Waals surface area contributed by atoms with Gasteiger partial charge in [0.15, 0.2) is 0 Å². The van der Waals surface area contributed by atoms with E-state index in [-0.39, 0.29) is 0 Å². The number of nitrogens with one attached hydrogen (secondary N) is 1. The van der Waals surface area contributed by atoms with Crippen LogP contribution in [-0.2, 0) is 4.74 Å². The van der Waals surface area contributed by atoms with Gasteiger partial charge in [0.1, 0.15) is 0 Å². The normalized spacial score (nSPS) is 21.3. The van der Waals surface area contributed by atoms with Gasteiger partial charge in [0.05, 0.1) is 6.61 Å². The average molecular weight is 335 g/mol. The van der Waals surface area contributed by atoms with Crippen molar-refractivity contribution in [1.82, 2.24) is 0 Å². The molecule has 1 aromatic carbocycles. The van der Waals surface area contributed by atoms with E-state index in [1.54, 1.807) is 0 Å². The number of ether oxygens (including phenoxy) is 1. The largest absolute Gasteiger partial charge is 0.379 e. The molecule has 4 heteroatoms. The van der Waals surface area contributed by atoms with Crippen molar-refractivity contribution in [2.45, 2.75) is 18.9 Å². The molecule has 1 fully saturated rings. The van der Waals surface area contributed by atoms with E-state index in [1.807, 2.05) is 12.1 Å². The zero-order valence-corrected chi connectivity index (χ0v) is 11.5. The van der Waals surface area contributed by atoms with Crippen LogP contribution in [-0.4, -0.2) is 19.3 Å². The molecule has 0 aliphatic carbocycles. The Kier molecular flexibility index (Phi) is 4.05. The minimum Gasteiger partial charge on any atom is -0.379 e. The predicted molar refractivity (Wildman–Crippen MR) is 69.3 cm³/mol. The summed E-state index contributed by atoms with van der Waals surface area (Å²) in [7, 11) is 0. The molecule has 0 radical (unpaired) electrons. The third-order valence-electron chi connectivity index (χ3n) is 2.45. The van der Waals surface area contributed by atoms with E-state index in [0.29, 0.717) is 6.04 Å². The van der Waals surface area contributed by atoms with Crippen molar-refractivity contribution < 1.29 is 4.74 Å². The molecule has 2 rings (SSSR count). The smallest absolute Gasteiger partial charge is 0.0667 e. The Bertz CT molecular complexity index is 337. The maximum Gasteiger partial charge on any atom is 0.0667 e. The van der Waals surface area contributed by atoms with Crippen LogP contribution in [0.15, 0.2) is 27.1 Å². The summed E-state index contributed by atoms with van der Waals surface area (Å²) in [5, 5.41) is 3.48. The first kappa shape index (κ1) is 11.4. The number of rotatable bonds is 2. The minimum atomic E-state index is 0.441. The van der Waals surface area contributed by atoms with E-state index in [9.17, 15) is 0 Å². The van der Waals surface area contributed by atoms with E-state index >= 15 is 0 Å². The van der Waals surface area contributed by atoms with Crippen molar-refractivity contribution in [1.29, 1.82) is 0 Å². The number of halogens is 2. The van der Waals surface area contributed by atoms with Crippen LogP contribution >= 0.6 is 31.9 Å². The summed E-state index contributed by atoms with van der Waals surface area (Å²) in [5.74, 6) is 0. The summed E-state index contributed by atoms with van der Waals surface area (Å²) in [4.78, 5) is 0. The quantitative estimate of drug-likeness (QED) is 0.888. The molecular weight excluding hydrogens is 322 g/mol. The summed E-state index contributed by atoms with van der Waals surface area (Å²) in [6, 6.07) is 6.60. The van der Waals surface area contributed by atoms with Crippen LogP contribution in [0.25, 0.3) is 0 Å². The number of hydrogen-bond donors (Lipinski definition) is 1. The molecular formula is C11H13Br2NO. The number of benzene rings is 1. The fourth-order valence-corrected chi connectivity index (χ4v) is 2.84. The van der Waals surface area contributed by atoms with Crippen molar-refractivity contribution in [2.75, 3.05) is 18.5 Å². The van der Waals surface area contributed by atoms with Crippen LogP contribution in [0.4, 0.5) is 5.69 Å². The summed E-state index contributed by atoms with van der Waals surface area (Å²) in [6.45, 7) is 1.71. The lowest BCUT2D eigenvalue weighted by molar-refractivity contribution is 0.0876. The highest BCUT2D eigenvalue weighted by atomic mass is 79.9. The number of hydrogen-bond acceptors (Lipinski definition) is 2. The molecule has 1 aliphatic heterocycles. The van der Waals surface area contributed by atoms with Gasteiger partial charge in [-0.3, -0.25) is 0 Å². The molecule has 0 amide bonds. The molecule has 1 aromatic rings. The van der Waals surface area contributed by atoms with E-state index in [1.165, 1.54) is 6.42 Å². The molecule has 1 unspecified atom stereocenters. The van der Waals surface area contributed by atoms with E-state index in [4.69, 9.17) is 4.74 Å². The minimum absolute atomic E-state index is 0.441. The first-order valence-electron chi connectivity index (χ1n) is 5.05. The van der Waals surface area contributed by atoms with Crippen molar-refractivity contribution in [3.05, 3.63) is 27.1 Å². The van der Waals surface area contributed by atoms with Gasteiger partial charge in [-0.2, -0.15) is 0 Å². The van der Waals surface area contributed by atoms with Gasteiger partial charge in [-0.05, 0) is 47.0 Å². The molecule has 15 heavy (non-hydrogen) atoms. The van der Waals surface area contributed by atoms with Gasteiger partial charge >= 0.3 is 0 Å². The molecule has 0 bridgehead atoms. The van der Waals surface area contributed by atoms with E-state index in [2.05, 4.69) is 43.2 Å². The Morgan fingerprint density at radius 2 is 2.20 bits per heavy atom. The van der Waals surface area contributed by atoms with Crippen molar-refractivity contribution >= 4 is 37.5 Å². The van der Waals surface area contributed by atoms with Crippen LogP contribution in [0.1, 0.15) is 12.8 Å². The third-order valence-corrected chi connectivity index (χ3v) is 3.60. The Morgan fingerprint density at radius 3 is 2.87 bits per heavy atom. The number of anilines is 1. The fourth-order valence-electron chi connectivity index (χ4n) is 1.68. The Labute approximate surface area is 107 Å². The predicted octanol–water partition coefficient (Wildman–Crippen LogP) is 3.80. The van der Waals surface area contributed by atoms with Crippen molar-refractivity contribution in [3.8, 4) is 0 Å². The van der Waals surface area contributed by atoms with E-state index in [0.717, 1.165) is 34.3 Å². The third kappa shape index (κ3) is 3.20. The maximum absolute atomic E-state index is 5.43. The lowest BCUT2D eigenvalue weighted by atomic mass is 10.1. The lowest BCUT2D eigenvalue weighted by Crippen LogP contribution is -2.30. The van der Waals surface area contributed by atoms with Crippen LogP contribution < -0.4 is 5.32 Å². The monoisotopic (exact) mass is 333 g/mol. The van der Waals surface area contributed by atoms with Gasteiger partial charge in [-0.1, -0.05) is 15.9 Å². The maximum atomic E-state index is 5.43. The van der Waals surface area contributed by atoms with Crippen LogP contribution in [0.3, 0.4) is 0 Å². The van der Waals surface area contributed by atoms with Crippen LogP contribution in [0.5, 0.6) is 0 Å². The molecule has 0 saturated carbocycles. The fraction of sp³-hybridized carbons (Fsp3) is 0.455. The zero-order chi connectivity index (χ0) is 10.7. The molecule has 82 valence electrons. The first-order chi connectivity index (χ1) is 7.25. The van der Waals surface area contributed by atoms with Gasteiger partial charge < -0.3 is 10.1 Å². The first-order valence-corrected chi connectivity index (χ1v) is 6.63. The van der Waals surface area contributed by atoms with Gasteiger partial charge in [0.25, 0.3) is 0 Å². The molecule has 0 spiro atoms. The van der Waals surface area contributed by atoms with Crippen LogP contribution in [0.2, 0.25) is 0 Å². The highest BCUT2D eigenvalue weighted by molar-refractivity contribution is 9.11. The van der Waals surface area contributed by atoms with Crippen molar-refractivity contribution in [2.24, 2.45) is 0 Å². The standard InChI is InChI=1S/C11H13Br2NO/c12-8-3-4-11(10(13)6-8)14-9-2-1-5-15-7-9/h3-4,6,9,14H,1-2,5,7H2.